The molecule has 216 valence electrons. The molecule has 5 rings (SSSR count). The third-order valence-corrected chi connectivity index (χ3v) is 8.06. The van der Waals surface area contributed by atoms with Crippen LogP contribution in [0.25, 0.3) is 0 Å². The van der Waals surface area contributed by atoms with Gasteiger partial charge in [-0.2, -0.15) is 5.01 Å². The van der Waals surface area contributed by atoms with Crippen LogP contribution in [0.5, 0.6) is 11.5 Å². The van der Waals surface area contributed by atoms with Crippen molar-refractivity contribution >= 4 is 41.1 Å². The quantitative estimate of drug-likeness (QED) is 0.153. The Labute approximate surface area is 247 Å². The molecule has 1 saturated heterocycles. The van der Waals surface area contributed by atoms with E-state index in [0.717, 1.165) is 16.4 Å². The molecule has 1 heterocycles. The fraction of sp³-hybridized carbons (Fsp3) is 0.281. The number of ketones is 1. The smallest absolute Gasteiger partial charge is 0.343 e. The molecule has 0 bridgehead atoms. The maximum Gasteiger partial charge on any atom is 0.343 e. The number of hydrazine groups is 1. The lowest BCUT2D eigenvalue weighted by atomic mass is 9.76. The summed E-state index contributed by atoms with van der Waals surface area (Å²) < 4.78 is 10.6. The van der Waals surface area contributed by atoms with Gasteiger partial charge in [0, 0.05) is 5.56 Å². The summed E-state index contributed by atoms with van der Waals surface area (Å²) in [6.45, 7) is 1.46. The van der Waals surface area contributed by atoms with Gasteiger partial charge in [0.15, 0.2) is 5.78 Å². The van der Waals surface area contributed by atoms with Crippen LogP contribution in [-0.2, 0) is 9.59 Å². The van der Waals surface area contributed by atoms with Gasteiger partial charge in [0.1, 0.15) is 18.0 Å². The standard InChI is InChI=1S/C32H29ClN2O7/c1-19-10-15-24-26(16-19)31(39)35(30(24)38)34(29(37)25-8-3-4-9-27(25)33)18-28(36)20-11-13-22(14-12-20)42-32(40)21-6-5-7-23(17-21)41-2/h3-9,11-14,17,19,24,26H,10,15-16,18H2,1-2H3/t19-,24-,26-/m1/s1. The van der Waals surface area contributed by atoms with Gasteiger partial charge in [-0.1, -0.05) is 36.7 Å². The maximum atomic E-state index is 13.7. The van der Waals surface area contributed by atoms with Gasteiger partial charge in [-0.3, -0.25) is 19.2 Å². The molecule has 1 aliphatic heterocycles. The molecule has 1 aliphatic carbocycles. The molecule has 3 atom stereocenters. The molecule has 2 aliphatic rings. The lowest BCUT2D eigenvalue weighted by Crippen LogP contribution is -2.52. The minimum Gasteiger partial charge on any atom is -0.497 e. The van der Waals surface area contributed by atoms with Gasteiger partial charge in [0.05, 0.1) is 35.1 Å². The summed E-state index contributed by atoms with van der Waals surface area (Å²) in [5.41, 5.74) is 0.548. The van der Waals surface area contributed by atoms with E-state index in [0.29, 0.717) is 18.6 Å². The van der Waals surface area contributed by atoms with Gasteiger partial charge in [-0.15, -0.1) is 0 Å². The van der Waals surface area contributed by atoms with E-state index in [9.17, 15) is 24.0 Å². The van der Waals surface area contributed by atoms with E-state index in [4.69, 9.17) is 21.1 Å². The Balaban J connectivity index is 1.37. The third-order valence-electron chi connectivity index (χ3n) is 7.73. The highest BCUT2D eigenvalue weighted by Crippen LogP contribution is 2.41. The number of hydrogen-bond donors (Lipinski definition) is 0. The van der Waals surface area contributed by atoms with E-state index < -0.39 is 47.9 Å². The maximum absolute atomic E-state index is 13.7. The Kier molecular flexibility index (Phi) is 8.40. The molecule has 0 N–H and O–H groups in total. The Morgan fingerprint density at radius 3 is 2.31 bits per heavy atom. The number of esters is 1. The molecule has 0 aromatic heterocycles. The van der Waals surface area contributed by atoms with E-state index in [-0.39, 0.29) is 33.4 Å². The topological polar surface area (TPSA) is 110 Å². The molecule has 9 nitrogen and oxygen atoms in total. The van der Waals surface area contributed by atoms with Crippen LogP contribution in [0.15, 0.2) is 72.8 Å². The highest BCUT2D eigenvalue weighted by atomic mass is 35.5. The van der Waals surface area contributed by atoms with Crippen LogP contribution >= 0.6 is 11.6 Å². The van der Waals surface area contributed by atoms with Crippen LogP contribution in [0.1, 0.15) is 57.3 Å². The first-order valence-electron chi connectivity index (χ1n) is 13.6. The van der Waals surface area contributed by atoms with E-state index in [1.807, 2.05) is 6.92 Å². The van der Waals surface area contributed by atoms with Gasteiger partial charge in [-0.25, -0.2) is 9.80 Å². The van der Waals surface area contributed by atoms with E-state index >= 15 is 0 Å². The zero-order valence-corrected chi connectivity index (χ0v) is 23.9. The summed E-state index contributed by atoms with van der Waals surface area (Å²) in [5.74, 6) is -2.90. The number of fused-ring (bicyclic) bond motifs is 1. The van der Waals surface area contributed by atoms with E-state index in [1.54, 1.807) is 36.4 Å². The van der Waals surface area contributed by atoms with Gasteiger partial charge >= 0.3 is 5.97 Å². The van der Waals surface area contributed by atoms with Gasteiger partial charge in [0.2, 0.25) is 0 Å². The van der Waals surface area contributed by atoms with Crippen molar-refractivity contribution in [3.8, 4) is 11.5 Å². The van der Waals surface area contributed by atoms with Crippen LogP contribution < -0.4 is 9.47 Å². The van der Waals surface area contributed by atoms with E-state index in [1.165, 1.54) is 43.5 Å². The molecule has 42 heavy (non-hydrogen) atoms. The lowest BCUT2D eigenvalue weighted by molar-refractivity contribution is -0.154. The first-order valence-corrected chi connectivity index (χ1v) is 14.0. The molecule has 3 aromatic rings. The van der Waals surface area contributed by atoms with Crippen LogP contribution in [0.4, 0.5) is 0 Å². The zero-order valence-electron chi connectivity index (χ0n) is 23.1. The minimum atomic E-state index is -0.730. The van der Waals surface area contributed by atoms with Crippen molar-refractivity contribution in [1.82, 2.24) is 10.0 Å². The number of methoxy groups -OCH3 is 1. The monoisotopic (exact) mass is 588 g/mol. The SMILES string of the molecule is COc1cccc(C(=O)Oc2ccc(C(=O)CN(C(=O)c3ccccc3Cl)N3C(=O)[C@@H]4CC[C@@H](C)C[C@H]4C3=O)cc2)c1. The molecule has 10 heteroatoms. The summed E-state index contributed by atoms with van der Waals surface area (Å²) in [7, 11) is 1.49. The number of benzene rings is 3. The van der Waals surface area contributed by atoms with Crippen molar-refractivity contribution in [3.05, 3.63) is 94.5 Å². The summed E-state index contributed by atoms with van der Waals surface area (Å²) in [6.07, 6.45) is 1.90. The number of rotatable bonds is 8. The highest BCUT2D eigenvalue weighted by molar-refractivity contribution is 6.34. The van der Waals surface area contributed by atoms with Crippen LogP contribution in [0.3, 0.4) is 0 Å². The number of carbonyl (C=O) groups is 5. The second kappa shape index (κ2) is 12.2. The first kappa shape index (κ1) is 29.0. The second-order valence-corrected chi connectivity index (χ2v) is 10.9. The number of halogens is 1. The molecule has 0 radical (unpaired) electrons. The Bertz CT molecular complexity index is 1550. The molecule has 2 fully saturated rings. The lowest BCUT2D eigenvalue weighted by Gasteiger charge is -2.30. The summed E-state index contributed by atoms with van der Waals surface area (Å²) in [5, 5.41) is 1.89. The summed E-state index contributed by atoms with van der Waals surface area (Å²) in [6, 6.07) is 18.6. The number of ether oxygens (including phenoxy) is 2. The van der Waals surface area contributed by atoms with Crippen molar-refractivity contribution in [2.45, 2.75) is 26.2 Å². The highest BCUT2D eigenvalue weighted by Gasteiger charge is 2.53. The fourth-order valence-corrected chi connectivity index (χ4v) is 5.69. The predicted molar refractivity (Wildman–Crippen MR) is 153 cm³/mol. The number of Topliss-reactive ketones (excluding diaryl/α,β-unsaturated/α-hetero) is 1. The first-order chi connectivity index (χ1) is 20.2. The molecule has 0 spiro atoms. The fourth-order valence-electron chi connectivity index (χ4n) is 5.47. The summed E-state index contributed by atoms with van der Waals surface area (Å²) >= 11 is 6.29. The van der Waals surface area contributed by atoms with E-state index in [2.05, 4.69) is 0 Å². The molecule has 3 amide bonds. The van der Waals surface area contributed by atoms with Crippen molar-refractivity contribution in [3.63, 3.8) is 0 Å². The number of hydrogen-bond acceptors (Lipinski definition) is 7. The predicted octanol–water partition coefficient (Wildman–Crippen LogP) is 5.23. The van der Waals surface area contributed by atoms with Crippen LogP contribution in [-0.4, -0.2) is 53.1 Å². The zero-order chi connectivity index (χ0) is 30.0. The average Bonchev–Trinajstić information content (AvgIpc) is 3.24. The average molecular weight is 589 g/mol. The van der Waals surface area contributed by atoms with Gasteiger partial charge in [-0.05, 0) is 79.8 Å². The Morgan fingerprint density at radius 2 is 1.60 bits per heavy atom. The second-order valence-electron chi connectivity index (χ2n) is 10.5. The molecular formula is C32H29ClN2O7. The minimum absolute atomic E-state index is 0.0654. The summed E-state index contributed by atoms with van der Waals surface area (Å²) in [4.78, 5) is 66.6. The third kappa shape index (κ3) is 5.78. The van der Waals surface area contributed by atoms with Crippen molar-refractivity contribution < 1.29 is 33.4 Å². The van der Waals surface area contributed by atoms with Gasteiger partial charge in [0.25, 0.3) is 17.7 Å². The molecule has 0 unspecified atom stereocenters. The van der Waals surface area contributed by atoms with Crippen molar-refractivity contribution in [2.24, 2.45) is 17.8 Å². The molecule has 3 aromatic carbocycles. The molecular weight excluding hydrogens is 560 g/mol. The largest absolute Gasteiger partial charge is 0.497 e. The van der Waals surface area contributed by atoms with Crippen molar-refractivity contribution in [2.75, 3.05) is 13.7 Å². The number of amides is 3. The number of carbonyl (C=O) groups excluding carboxylic acids is 5. The number of imide groups is 1. The van der Waals surface area contributed by atoms with Gasteiger partial charge < -0.3 is 9.47 Å². The van der Waals surface area contributed by atoms with Crippen molar-refractivity contribution in [1.29, 1.82) is 0 Å². The Morgan fingerprint density at radius 1 is 0.881 bits per heavy atom. The van der Waals surface area contributed by atoms with Crippen LogP contribution in [0, 0.1) is 17.8 Å². The van der Waals surface area contributed by atoms with Crippen LogP contribution in [0.2, 0.25) is 5.02 Å². The Hall–Kier alpha value is -4.50. The normalized spacial score (nSPS) is 19.7. The number of nitrogens with zero attached hydrogens (tertiary/aromatic N) is 2. The molecule has 1 saturated carbocycles.